The maximum atomic E-state index is 12.6. The van der Waals surface area contributed by atoms with Gasteiger partial charge in [0.05, 0.1) is 22.6 Å². The number of non-ortho nitro benzene ring substituents is 1. The molecule has 1 aliphatic rings. The molecule has 1 atom stereocenters. The number of benzene rings is 1. The average Bonchev–Trinajstić information content (AvgIpc) is 2.55. The van der Waals surface area contributed by atoms with Gasteiger partial charge < -0.3 is 10.1 Å². The first-order chi connectivity index (χ1) is 11.0. The van der Waals surface area contributed by atoms with Gasteiger partial charge in [-0.05, 0) is 38.0 Å². The number of rotatable bonds is 3. The number of ether oxygens (including phenoxy) is 1. The van der Waals surface area contributed by atoms with Crippen molar-refractivity contribution in [1.82, 2.24) is 4.98 Å². The smallest absolute Gasteiger partial charge is 0.295 e. The first-order valence-corrected chi connectivity index (χ1v) is 7.43. The molecule has 1 N–H and O–H groups in total. The Labute approximate surface area is 132 Å². The maximum absolute atomic E-state index is 12.6. The zero-order valence-electron chi connectivity index (χ0n) is 12.7. The molecule has 0 radical (unpaired) electrons. The van der Waals surface area contributed by atoms with E-state index in [1.165, 1.54) is 12.3 Å². The molecule has 0 spiro atoms. The molecule has 0 saturated carbocycles. The lowest BCUT2D eigenvalue weighted by molar-refractivity contribution is -0.383. The van der Waals surface area contributed by atoms with Crippen molar-refractivity contribution >= 4 is 28.2 Å². The number of carbonyl (C=O) groups excluding carboxylic acids is 1. The van der Waals surface area contributed by atoms with Crippen molar-refractivity contribution in [2.24, 2.45) is 5.41 Å². The third-order valence-corrected chi connectivity index (χ3v) is 4.18. The number of aromatic nitrogens is 1. The number of anilines is 1. The lowest BCUT2D eigenvalue weighted by Crippen LogP contribution is -2.40. The molecular formula is C16H17N3O4. The molecule has 1 aliphatic heterocycles. The Bertz CT molecular complexity index is 769. The van der Waals surface area contributed by atoms with Crippen molar-refractivity contribution in [2.45, 2.75) is 19.8 Å². The van der Waals surface area contributed by atoms with Gasteiger partial charge in [0.25, 0.3) is 5.69 Å². The molecule has 1 amide bonds. The molecule has 1 fully saturated rings. The number of carbonyl (C=O) groups is 1. The molecule has 2 heterocycles. The van der Waals surface area contributed by atoms with Crippen LogP contribution in [0.4, 0.5) is 11.4 Å². The Morgan fingerprint density at radius 3 is 2.96 bits per heavy atom. The minimum atomic E-state index is -0.589. The van der Waals surface area contributed by atoms with Crippen LogP contribution >= 0.6 is 0 Å². The van der Waals surface area contributed by atoms with Crippen LogP contribution in [0.2, 0.25) is 0 Å². The van der Waals surface area contributed by atoms with Crippen molar-refractivity contribution in [3.8, 4) is 0 Å². The minimum absolute atomic E-state index is 0.0780. The number of hydrogen-bond donors (Lipinski definition) is 1. The van der Waals surface area contributed by atoms with Gasteiger partial charge in [0.15, 0.2) is 0 Å². The van der Waals surface area contributed by atoms with E-state index in [1.807, 2.05) is 6.92 Å². The van der Waals surface area contributed by atoms with E-state index < -0.39 is 10.3 Å². The van der Waals surface area contributed by atoms with E-state index in [4.69, 9.17) is 4.74 Å². The molecule has 0 bridgehead atoms. The van der Waals surface area contributed by atoms with Crippen LogP contribution in [0.25, 0.3) is 10.9 Å². The fourth-order valence-corrected chi connectivity index (χ4v) is 2.80. The van der Waals surface area contributed by atoms with Gasteiger partial charge >= 0.3 is 0 Å². The molecule has 1 aromatic carbocycles. The Hall–Kier alpha value is -2.54. The van der Waals surface area contributed by atoms with Crippen molar-refractivity contribution in [2.75, 3.05) is 18.5 Å². The number of amides is 1. The van der Waals surface area contributed by atoms with E-state index >= 15 is 0 Å². The molecule has 2 aromatic rings. The number of fused-ring (bicyclic) bond motifs is 1. The van der Waals surface area contributed by atoms with E-state index in [0.29, 0.717) is 24.3 Å². The number of hydrogen-bond acceptors (Lipinski definition) is 5. The number of nitro groups is 1. The largest absolute Gasteiger partial charge is 0.380 e. The van der Waals surface area contributed by atoms with Crippen LogP contribution in [0.1, 0.15) is 19.8 Å². The third-order valence-electron chi connectivity index (χ3n) is 4.18. The van der Waals surface area contributed by atoms with Crippen molar-refractivity contribution < 1.29 is 14.5 Å². The lowest BCUT2D eigenvalue weighted by Gasteiger charge is -2.32. The van der Waals surface area contributed by atoms with E-state index in [0.717, 1.165) is 12.8 Å². The van der Waals surface area contributed by atoms with Gasteiger partial charge in [0.1, 0.15) is 5.52 Å². The first-order valence-electron chi connectivity index (χ1n) is 7.43. The highest BCUT2D eigenvalue weighted by molar-refractivity contribution is 6.05. The minimum Gasteiger partial charge on any atom is -0.380 e. The zero-order valence-corrected chi connectivity index (χ0v) is 12.7. The SMILES string of the molecule is C[C@]1(C(=O)Nc2ccc([N+](=O)[O-])c3ncccc23)CCCOC1. The molecule has 1 aromatic heterocycles. The Morgan fingerprint density at radius 1 is 1.43 bits per heavy atom. The summed E-state index contributed by atoms with van der Waals surface area (Å²) >= 11 is 0. The maximum Gasteiger partial charge on any atom is 0.295 e. The second kappa shape index (κ2) is 5.92. The summed E-state index contributed by atoms with van der Waals surface area (Å²) in [6.45, 7) is 2.92. The fourth-order valence-electron chi connectivity index (χ4n) is 2.80. The van der Waals surface area contributed by atoms with Gasteiger partial charge in [-0.1, -0.05) is 0 Å². The van der Waals surface area contributed by atoms with Crippen molar-refractivity contribution in [1.29, 1.82) is 0 Å². The van der Waals surface area contributed by atoms with E-state index in [1.54, 1.807) is 18.2 Å². The monoisotopic (exact) mass is 315 g/mol. The topological polar surface area (TPSA) is 94.4 Å². The highest BCUT2D eigenvalue weighted by Crippen LogP contribution is 2.33. The van der Waals surface area contributed by atoms with Gasteiger partial charge in [0.2, 0.25) is 5.91 Å². The third kappa shape index (κ3) is 2.87. The van der Waals surface area contributed by atoms with Gasteiger partial charge in [-0.2, -0.15) is 0 Å². The normalized spacial score (nSPS) is 21.1. The van der Waals surface area contributed by atoms with Crippen LogP contribution in [0, 0.1) is 15.5 Å². The number of nitrogens with zero attached hydrogens (tertiary/aromatic N) is 2. The van der Waals surface area contributed by atoms with Crippen LogP contribution in [-0.4, -0.2) is 29.0 Å². The zero-order chi connectivity index (χ0) is 16.4. The van der Waals surface area contributed by atoms with Crippen LogP contribution in [0.5, 0.6) is 0 Å². The standard InChI is InChI=1S/C16H17N3O4/c1-16(7-3-9-23-10-16)15(20)18-12-5-6-13(19(21)22)14-11(12)4-2-8-17-14/h2,4-6,8H,3,7,9-10H2,1H3,(H,18,20)/t16-/m0/s1. The molecule has 0 aliphatic carbocycles. The lowest BCUT2D eigenvalue weighted by atomic mass is 9.83. The molecule has 7 heteroatoms. The van der Waals surface area contributed by atoms with E-state index in [9.17, 15) is 14.9 Å². The van der Waals surface area contributed by atoms with Crippen LogP contribution in [0.15, 0.2) is 30.5 Å². The summed E-state index contributed by atoms with van der Waals surface area (Å²) in [6, 6.07) is 6.32. The number of pyridine rings is 1. The quantitative estimate of drug-likeness (QED) is 0.694. The summed E-state index contributed by atoms with van der Waals surface area (Å²) in [5, 5.41) is 14.5. The predicted octanol–water partition coefficient (Wildman–Crippen LogP) is 2.90. The predicted molar refractivity (Wildman–Crippen MR) is 85.2 cm³/mol. The second-order valence-electron chi connectivity index (χ2n) is 5.96. The first kappa shape index (κ1) is 15.4. The summed E-state index contributed by atoms with van der Waals surface area (Å²) < 4.78 is 5.42. The van der Waals surface area contributed by atoms with E-state index in [-0.39, 0.29) is 17.1 Å². The van der Waals surface area contributed by atoms with Gasteiger partial charge in [-0.25, -0.2) is 4.98 Å². The molecule has 120 valence electrons. The average molecular weight is 315 g/mol. The fraction of sp³-hybridized carbons (Fsp3) is 0.375. The van der Waals surface area contributed by atoms with Crippen LogP contribution in [-0.2, 0) is 9.53 Å². The Balaban J connectivity index is 1.96. The number of nitrogens with one attached hydrogen (secondary N) is 1. The Kier molecular flexibility index (Phi) is 3.96. The summed E-state index contributed by atoms with van der Waals surface area (Å²) in [4.78, 5) is 27.3. The summed E-state index contributed by atoms with van der Waals surface area (Å²) in [6.07, 6.45) is 3.09. The molecule has 0 unspecified atom stereocenters. The summed E-state index contributed by atoms with van der Waals surface area (Å²) in [5.74, 6) is -0.142. The van der Waals surface area contributed by atoms with E-state index in [2.05, 4.69) is 10.3 Å². The molecule has 7 nitrogen and oxygen atoms in total. The second-order valence-corrected chi connectivity index (χ2v) is 5.96. The van der Waals surface area contributed by atoms with Crippen LogP contribution < -0.4 is 5.32 Å². The van der Waals surface area contributed by atoms with Gasteiger partial charge in [-0.15, -0.1) is 0 Å². The number of nitro benzene ring substituents is 1. The summed E-state index contributed by atoms with van der Waals surface area (Å²) in [5.41, 5.74) is 0.121. The highest BCUT2D eigenvalue weighted by atomic mass is 16.6. The summed E-state index contributed by atoms with van der Waals surface area (Å²) in [7, 11) is 0. The molecule has 1 saturated heterocycles. The van der Waals surface area contributed by atoms with Crippen molar-refractivity contribution in [3.05, 3.63) is 40.6 Å². The van der Waals surface area contributed by atoms with Crippen LogP contribution in [0.3, 0.4) is 0 Å². The highest BCUT2D eigenvalue weighted by Gasteiger charge is 2.35. The molecular weight excluding hydrogens is 298 g/mol. The Morgan fingerprint density at radius 2 is 2.26 bits per heavy atom. The van der Waals surface area contributed by atoms with Crippen molar-refractivity contribution in [3.63, 3.8) is 0 Å². The van der Waals surface area contributed by atoms with Gasteiger partial charge in [0, 0.05) is 24.3 Å². The molecule has 23 heavy (non-hydrogen) atoms. The van der Waals surface area contributed by atoms with Gasteiger partial charge in [-0.3, -0.25) is 14.9 Å². The molecule has 3 rings (SSSR count).